The minimum absolute atomic E-state index is 0.287. The van der Waals surface area contributed by atoms with Gasteiger partial charge in [0.1, 0.15) is 11.5 Å². The standard InChI is InChI=1S/C22H18Cl4O4/c1-3-5-13-7-9-18(30-22(28)20(25)26)16(11-13)14-8-10-17(15(12-14)6-4-2)29-21(27)19(23)24/h3-4,7-12,19-20H,1-2,5-6H2. The smallest absolute Gasteiger partial charge is 0.344 e. The van der Waals surface area contributed by atoms with Gasteiger partial charge in [-0.3, -0.25) is 0 Å². The molecule has 0 bridgehead atoms. The van der Waals surface area contributed by atoms with Crippen LogP contribution in [0.5, 0.6) is 11.5 Å². The molecule has 0 amide bonds. The fourth-order valence-corrected chi connectivity index (χ4v) is 2.83. The predicted octanol–water partition coefficient (Wildman–Crippen LogP) is 6.23. The third-order valence-electron chi connectivity index (χ3n) is 3.94. The van der Waals surface area contributed by atoms with Crippen LogP contribution in [-0.4, -0.2) is 21.6 Å². The number of halogens is 4. The highest BCUT2D eigenvalue weighted by molar-refractivity contribution is 6.53. The Kier molecular flexibility index (Phi) is 9.25. The molecule has 0 aliphatic carbocycles. The number of alkyl halides is 4. The molecule has 0 atom stereocenters. The Balaban J connectivity index is 2.54. The Bertz CT molecular complexity index is 954. The Morgan fingerprint density at radius 1 is 0.833 bits per heavy atom. The molecule has 158 valence electrons. The second kappa shape index (κ2) is 11.4. The van der Waals surface area contributed by atoms with E-state index in [1.165, 1.54) is 0 Å². The van der Waals surface area contributed by atoms with E-state index in [2.05, 4.69) is 13.2 Å². The third-order valence-corrected chi connectivity index (χ3v) is 4.65. The van der Waals surface area contributed by atoms with Gasteiger partial charge in [0, 0.05) is 5.56 Å². The van der Waals surface area contributed by atoms with Gasteiger partial charge in [0.25, 0.3) is 0 Å². The maximum Gasteiger partial charge on any atom is 0.344 e. The Hall–Kier alpha value is -1.98. The molecule has 0 spiro atoms. The molecule has 0 unspecified atom stereocenters. The van der Waals surface area contributed by atoms with Crippen molar-refractivity contribution in [2.24, 2.45) is 0 Å². The van der Waals surface area contributed by atoms with Crippen molar-refractivity contribution in [3.05, 3.63) is 72.8 Å². The highest BCUT2D eigenvalue weighted by Crippen LogP contribution is 2.35. The maximum atomic E-state index is 11.9. The van der Waals surface area contributed by atoms with E-state index in [1.807, 2.05) is 12.1 Å². The molecule has 0 aliphatic rings. The zero-order chi connectivity index (χ0) is 22.3. The van der Waals surface area contributed by atoms with Crippen molar-refractivity contribution in [1.29, 1.82) is 0 Å². The van der Waals surface area contributed by atoms with Crippen LogP contribution < -0.4 is 9.47 Å². The topological polar surface area (TPSA) is 52.6 Å². The summed E-state index contributed by atoms with van der Waals surface area (Å²) in [6.07, 6.45) is 4.46. The SMILES string of the molecule is C=CCc1ccc(OC(=O)C(Cl)Cl)c(-c2ccc(OC(=O)C(Cl)Cl)c(CC=C)c2)c1. The fourth-order valence-electron chi connectivity index (χ4n) is 2.65. The zero-order valence-electron chi connectivity index (χ0n) is 15.7. The summed E-state index contributed by atoms with van der Waals surface area (Å²) >= 11 is 22.4. The molecule has 0 aromatic heterocycles. The van der Waals surface area contributed by atoms with E-state index in [0.717, 1.165) is 5.56 Å². The van der Waals surface area contributed by atoms with Crippen LogP contribution in [0, 0.1) is 0 Å². The monoisotopic (exact) mass is 486 g/mol. The van der Waals surface area contributed by atoms with E-state index >= 15 is 0 Å². The lowest BCUT2D eigenvalue weighted by Crippen LogP contribution is -2.16. The van der Waals surface area contributed by atoms with E-state index in [4.69, 9.17) is 55.9 Å². The number of carbonyl (C=O) groups is 2. The van der Waals surface area contributed by atoms with Crippen molar-refractivity contribution in [1.82, 2.24) is 0 Å². The fraction of sp³-hybridized carbons (Fsp3) is 0.182. The first-order valence-corrected chi connectivity index (χ1v) is 10.5. The molecular weight excluding hydrogens is 470 g/mol. The van der Waals surface area contributed by atoms with Gasteiger partial charge in [-0.15, -0.1) is 13.2 Å². The lowest BCUT2D eigenvalue weighted by Gasteiger charge is -2.15. The van der Waals surface area contributed by atoms with E-state index < -0.39 is 21.6 Å². The van der Waals surface area contributed by atoms with Gasteiger partial charge >= 0.3 is 11.9 Å². The van der Waals surface area contributed by atoms with Crippen LogP contribution in [0.1, 0.15) is 11.1 Å². The van der Waals surface area contributed by atoms with Crippen LogP contribution in [0.4, 0.5) is 0 Å². The van der Waals surface area contributed by atoms with Gasteiger partial charge < -0.3 is 9.47 Å². The summed E-state index contributed by atoms with van der Waals surface area (Å²) in [7, 11) is 0. The summed E-state index contributed by atoms with van der Waals surface area (Å²) in [5.74, 6) is -0.982. The van der Waals surface area contributed by atoms with Crippen molar-refractivity contribution in [3.63, 3.8) is 0 Å². The van der Waals surface area contributed by atoms with Gasteiger partial charge in [-0.2, -0.15) is 0 Å². The van der Waals surface area contributed by atoms with Gasteiger partial charge in [0.05, 0.1) is 0 Å². The lowest BCUT2D eigenvalue weighted by atomic mass is 9.97. The van der Waals surface area contributed by atoms with Gasteiger partial charge in [-0.1, -0.05) is 70.7 Å². The average molecular weight is 488 g/mol. The van der Waals surface area contributed by atoms with E-state index in [1.54, 1.807) is 36.4 Å². The number of allylic oxidation sites excluding steroid dienone is 2. The first-order chi connectivity index (χ1) is 14.3. The number of rotatable bonds is 9. The molecule has 30 heavy (non-hydrogen) atoms. The van der Waals surface area contributed by atoms with Crippen molar-refractivity contribution in [3.8, 4) is 22.6 Å². The van der Waals surface area contributed by atoms with Crippen LogP contribution in [0.3, 0.4) is 0 Å². The molecule has 0 aliphatic heterocycles. The first kappa shape index (κ1) is 24.3. The summed E-state index contributed by atoms with van der Waals surface area (Å²) < 4.78 is 10.6. The molecule has 2 aromatic rings. The van der Waals surface area contributed by atoms with E-state index in [-0.39, 0.29) is 5.75 Å². The number of hydrogen-bond acceptors (Lipinski definition) is 4. The molecule has 0 radical (unpaired) electrons. The van der Waals surface area contributed by atoms with Crippen molar-refractivity contribution >= 4 is 58.3 Å². The summed E-state index contributed by atoms with van der Waals surface area (Å²) in [6.45, 7) is 7.47. The highest BCUT2D eigenvalue weighted by Gasteiger charge is 2.19. The van der Waals surface area contributed by atoms with Gasteiger partial charge in [0.2, 0.25) is 9.67 Å². The normalized spacial score (nSPS) is 10.7. The summed E-state index contributed by atoms with van der Waals surface area (Å²) in [4.78, 5) is 21.1. The van der Waals surface area contributed by atoms with Gasteiger partial charge in [0.15, 0.2) is 0 Å². The van der Waals surface area contributed by atoms with Crippen LogP contribution in [-0.2, 0) is 22.4 Å². The summed E-state index contributed by atoms with van der Waals surface area (Å²) in [6, 6.07) is 10.5. The minimum Gasteiger partial charge on any atom is -0.424 e. The quantitative estimate of drug-likeness (QED) is 0.182. The molecule has 0 heterocycles. The van der Waals surface area contributed by atoms with Gasteiger partial charge in [-0.25, -0.2) is 9.59 Å². The Morgan fingerprint density at radius 2 is 1.40 bits per heavy atom. The van der Waals surface area contributed by atoms with Crippen molar-refractivity contribution in [2.75, 3.05) is 0 Å². The van der Waals surface area contributed by atoms with Crippen LogP contribution >= 0.6 is 46.4 Å². The molecule has 0 saturated heterocycles. The van der Waals surface area contributed by atoms with Crippen LogP contribution in [0.2, 0.25) is 0 Å². The molecule has 2 rings (SSSR count). The second-order valence-corrected chi connectivity index (χ2v) is 8.27. The molecular formula is C22H18Cl4O4. The summed E-state index contributed by atoms with van der Waals surface area (Å²) in [5.41, 5.74) is 2.98. The number of benzene rings is 2. The first-order valence-electron chi connectivity index (χ1n) is 8.74. The largest absolute Gasteiger partial charge is 0.424 e. The molecule has 2 aromatic carbocycles. The Morgan fingerprint density at radius 3 is 1.97 bits per heavy atom. The van der Waals surface area contributed by atoms with Crippen molar-refractivity contribution < 1.29 is 19.1 Å². The van der Waals surface area contributed by atoms with Gasteiger partial charge in [-0.05, 0) is 53.8 Å². The Labute approximate surface area is 195 Å². The molecule has 0 saturated carbocycles. The number of hydrogen-bond donors (Lipinski definition) is 0. The van der Waals surface area contributed by atoms with Crippen LogP contribution in [0.25, 0.3) is 11.1 Å². The summed E-state index contributed by atoms with van der Waals surface area (Å²) in [5, 5.41) is 0. The third kappa shape index (κ3) is 6.51. The predicted molar refractivity (Wildman–Crippen MR) is 122 cm³/mol. The molecule has 4 nitrogen and oxygen atoms in total. The highest BCUT2D eigenvalue weighted by atomic mass is 35.5. The average Bonchev–Trinajstić information content (AvgIpc) is 2.70. The number of ether oxygens (including phenoxy) is 2. The number of esters is 2. The lowest BCUT2D eigenvalue weighted by molar-refractivity contribution is -0.133. The van der Waals surface area contributed by atoms with Crippen molar-refractivity contribution in [2.45, 2.75) is 22.5 Å². The van der Waals surface area contributed by atoms with E-state index in [9.17, 15) is 9.59 Å². The second-order valence-electron chi connectivity index (χ2n) is 6.08. The molecule has 8 heteroatoms. The number of carbonyl (C=O) groups excluding carboxylic acids is 2. The van der Waals surface area contributed by atoms with E-state index in [0.29, 0.717) is 35.3 Å². The zero-order valence-corrected chi connectivity index (χ0v) is 18.8. The maximum absolute atomic E-state index is 11.9. The molecule has 0 N–H and O–H groups in total. The van der Waals surface area contributed by atoms with Crippen LogP contribution in [0.15, 0.2) is 61.7 Å². The minimum atomic E-state index is -1.32. The molecule has 0 fully saturated rings.